The first kappa shape index (κ1) is 90.1. The standard InChI is InChI=1S/C73H142O17P2/c1-6-10-13-16-19-21-23-30-34-38-42-47-52-57-71(76)84-63-69(90-73(78)59-54-49-44-39-35-32-29-27-25-24-26-28-31-33-36-41-45-50-55-66(5)9-4)65-88-92(81,82)86-61-67(74)60-85-91(79,80)87-64-68(62-83-70(75)56-51-46-40-18-15-12-8-3)89-72(77)58-53-48-43-37-22-20-17-14-11-7-2/h66-69,74H,6-65H2,1-5H3,(H,79,80)(H,81,82)/t66?,67-,68+,69+/m0/s1. The second-order valence-corrected chi connectivity index (χ2v) is 29.5. The Balaban J connectivity index is 5.13. The molecule has 0 spiro atoms. The Hall–Kier alpha value is -1.94. The van der Waals surface area contributed by atoms with Crippen LogP contribution in [-0.2, 0) is 65.4 Å². The van der Waals surface area contributed by atoms with Crippen LogP contribution < -0.4 is 0 Å². The molecule has 0 aromatic carbocycles. The molecule has 0 aliphatic carbocycles. The molecule has 0 aliphatic heterocycles. The fourth-order valence-corrected chi connectivity index (χ4v) is 12.7. The van der Waals surface area contributed by atoms with E-state index >= 15 is 0 Å². The number of esters is 4. The van der Waals surface area contributed by atoms with Gasteiger partial charge in [0.2, 0.25) is 0 Å². The molecule has 0 radical (unpaired) electrons. The van der Waals surface area contributed by atoms with E-state index < -0.39 is 97.5 Å². The van der Waals surface area contributed by atoms with Crippen LogP contribution in [0.2, 0.25) is 0 Å². The number of phosphoric ester groups is 2. The van der Waals surface area contributed by atoms with Crippen LogP contribution in [0.15, 0.2) is 0 Å². The second-order valence-electron chi connectivity index (χ2n) is 26.6. The third kappa shape index (κ3) is 65.4. The van der Waals surface area contributed by atoms with Gasteiger partial charge in [0.05, 0.1) is 26.4 Å². The fraction of sp³-hybridized carbons (Fsp3) is 0.945. The van der Waals surface area contributed by atoms with Crippen LogP contribution in [0.25, 0.3) is 0 Å². The molecular weight excluding hydrogens is 1210 g/mol. The minimum Gasteiger partial charge on any atom is -0.462 e. The molecule has 17 nitrogen and oxygen atoms in total. The van der Waals surface area contributed by atoms with Crippen molar-refractivity contribution < 1.29 is 80.2 Å². The van der Waals surface area contributed by atoms with Crippen LogP contribution in [0, 0.1) is 5.92 Å². The molecule has 92 heavy (non-hydrogen) atoms. The monoisotopic (exact) mass is 1350 g/mol. The number of carbonyl (C=O) groups is 4. The SMILES string of the molecule is CCCCCCCCCCCCCCCC(=O)OC[C@H](COP(=O)(O)OC[C@@H](O)COP(=O)(O)OC[C@@H](COC(=O)CCCCCCCCC)OC(=O)CCCCCCCCCCCC)OC(=O)CCCCCCCCCCCCCCCCCCCCC(C)CC. The second kappa shape index (κ2) is 66.3. The van der Waals surface area contributed by atoms with Crippen molar-refractivity contribution in [1.29, 1.82) is 0 Å². The smallest absolute Gasteiger partial charge is 0.462 e. The summed E-state index contributed by atoms with van der Waals surface area (Å²) < 4.78 is 68.2. The maximum atomic E-state index is 13.1. The Morgan fingerprint density at radius 1 is 0.304 bits per heavy atom. The van der Waals surface area contributed by atoms with Gasteiger partial charge >= 0.3 is 39.5 Å². The normalized spacial score (nSPS) is 14.3. The molecule has 6 atom stereocenters. The van der Waals surface area contributed by atoms with Gasteiger partial charge in [-0.3, -0.25) is 37.3 Å². The zero-order valence-electron chi connectivity index (χ0n) is 59.7. The molecule has 0 rings (SSSR count). The van der Waals surface area contributed by atoms with Crippen molar-refractivity contribution in [2.24, 2.45) is 5.92 Å². The van der Waals surface area contributed by atoms with E-state index in [9.17, 15) is 43.2 Å². The molecule has 0 heterocycles. The van der Waals surface area contributed by atoms with Gasteiger partial charge in [-0.05, 0) is 31.6 Å². The number of unbranched alkanes of at least 4 members (excludes halogenated alkanes) is 44. The molecular formula is C73H142O17P2. The summed E-state index contributed by atoms with van der Waals surface area (Å²) in [6.07, 6.45) is 54.2. The summed E-state index contributed by atoms with van der Waals surface area (Å²) in [7, 11) is -9.89. The average Bonchev–Trinajstić information content (AvgIpc) is 1.91. The first-order valence-electron chi connectivity index (χ1n) is 38.2. The van der Waals surface area contributed by atoms with Gasteiger partial charge in [0, 0.05) is 25.7 Å². The summed E-state index contributed by atoms with van der Waals surface area (Å²) in [6.45, 7) is 7.28. The van der Waals surface area contributed by atoms with E-state index in [4.69, 9.17) is 37.0 Å². The predicted octanol–water partition coefficient (Wildman–Crippen LogP) is 21.3. The Morgan fingerprint density at radius 3 is 0.772 bits per heavy atom. The van der Waals surface area contributed by atoms with E-state index in [1.165, 1.54) is 193 Å². The van der Waals surface area contributed by atoms with E-state index in [1.807, 2.05) is 0 Å². The minimum atomic E-state index is -4.95. The zero-order valence-corrected chi connectivity index (χ0v) is 61.5. The third-order valence-corrected chi connectivity index (χ3v) is 19.3. The first-order chi connectivity index (χ1) is 44.6. The molecule has 0 bridgehead atoms. The van der Waals surface area contributed by atoms with E-state index in [-0.39, 0.29) is 25.7 Å². The highest BCUT2D eigenvalue weighted by atomic mass is 31.2. The van der Waals surface area contributed by atoms with Crippen molar-refractivity contribution in [3.8, 4) is 0 Å². The van der Waals surface area contributed by atoms with Gasteiger partial charge in [-0.1, -0.05) is 330 Å². The van der Waals surface area contributed by atoms with Gasteiger partial charge in [-0.15, -0.1) is 0 Å². The largest absolute Gasteiger partial charge is 0.472 e. The van der Waals surface area contributed by atoms with Crippen LogP contribution in [0.5, 0.6) is 0 Å². The van der Waals surface area contributed by atoms with Crippen molar-refractivity contribution in [1.82, 2.24) is 0 Å². The van der Waals surface area contributed by atoms with E-state index in [2.05, 4.69) is 34.6 Å². The maximum Gasteiger partial charge on any atom is 0.472 e. The Kier molecular flexibility index (Phi) is 64.9. The van der Waals surface area contributed by atoms with Crippen molar-refractivity contribution in [2.45, 2.75) is 400 Å². The number of aliphatic hydroxyl groups is 1. The van der Waals surface area contributed by atoms with Gasteiger partial charge in [0.25, 0.3) is 0 Å². The van der Waals surface area contributed by atoms with Crippen LogP contribution in [-0.4, -0.2) is 96.7 Å². The van der Waals surface area contributed by atoms with Gasteiger partial charge < -0.3 is 33.8 Å². The van der Waals surface area contributed by atoms with Gasteiger partial charge in [-0.2, -0.15) is 0 Å². The highest BCUT2D eigenvalue weighted by Gasteiger charge is 2.30. The van der Waals surface area contributed by atoms with Crippen molar-refractivity contribution in [2.75, 3.05) is 39.6 Å². The number of rotatable bonds is 73. The van der Waals surface area contributed by atoms with Gasteiger partial charge in [-0.25, -0.2) is 9.13 Å². The molecule has 3 unspecified atom stereocenters. The van der Waals surface area contributed by atoms with E-state index in [1.54, 1.807) is 0 Å². The zero-order chi connectivity index (χ0) is 67.7. The highest BCUT2D eigenvalue weighted by Crippen LogP contribution is 2.45. The molecule has 0 saturated carbocycles. The van der Waals surface area contributed by atoms with Gasteiger partial charge in [0.1, 0.15) is 19.3 Å². The van der Waals surface area contributed by atoms with E-state index in [0.29, 0.717) is 25.7 Å². The van der Waals surface area contributed by atoms with Gasteiger partial charge in [0.15, 0.2) is 12.2 Å². The first-order valence-corrected chi connectivity index (χ1v) is 41.2. The number of ether oxygens (including phenoxy) is 4. The number of phosphoric acid groups is 2. The minimum absolute atomic E-state index is 0.106. The Morgan fingerprint density at radius 2 is 0.522 bits per heavy atom. The molecule has 0 aliphatic rings. The summed E-state index contributed by atoms with van der Waals surface area (Å²) in [5.41, 5.74) is 0. The maximum absolute atomic E-state index is 13.1. The predicted molar refractivity (Wildman–Crippen MR) is 372 cm³/mol. The number of aliphatic hydroxyl groups excluding tert-OH is 1. The fourth-order valence-electron chi connectivity index (χ4n) is 11.1. The molecule has 0 fully saturated rings. The number of carbonyl (C=O) groups excluding carboxylic acids is 4. The summed E-state index contributed by atoms with van der Waals surface area (Å²) in [5.74, 6) is -1.25. The van der Waals surface area contributed by atoms with Crippen molar-refractivity contribution in [3.05, 3.63) is 0 Å². The lowest BCUT2D eigenvalue weighted by Crippen LogP contribution is -2.30. The quantitative estimate of drug-likeness (QED) is 0.0222. The van der Waals surface area contributed by atoms with Crippen molar-refractivity contribution in [3.63, 3.8) is 0 Å². The molecule has 0 aromatic heterocycles. The summed E-state index contributed by atoms with van der Waals surface area (Å²) in [4.78, 5) is 72.4. The van der Waals surface area contributed by atoms with E-state index in [0.717, 1.165) is 109 Å². The summed E-state index contributed by atoms with van der Waals surface area (Å²) in [5, 5.41) is 10.6. The van der Waals surface area contributed by atoms with Crippen LogP contribution >= 0.6 is 15.6 Å². The summed E-state index contributed by atoms with van der Waals surface area (Å²) in [6, 6.07) is 0. The van der Waals surface area contributed by atoms with Crippen LogP contribution in [0.1, 0.15) is 381 Å². The molecule has 546 valence electrons. The molecule has 19 heteroatoms. The van der Waals surface area contributed by atoms with Crippen LogP contribution in [0.4, 0.5) is 0 Å². The van der Waals surface area contributed by atoms with Crippen molar-refractivity contribution >= 4 is 39.5 Å². The third-order valence-electron chi connectivity index (χ3n) is 17.4. The lowest BCUT2D eigenvalue weighted by atomic mass is 9.99. The average molecular weight is 1350 g/mol. The lowest BCUT2D eigenvalue weighted by molar-refractivity contribution is -0.161. The molecule has 0 amide bonds. The Bertz CT molecular complexity index is 1770. The Labute approximate surface area is 562 Å². The molecule has 0 aromatic rings. The number of hydrogen-bond donors (Lipinski definition) is 3. The highest BCUT2D eigenvalue weighted by molar-refractivity contribution is 7.47. The summed E-state index contributed by atoms with van der Waals surface area (Å²) >= 11 is 0. The van der Waals surface area contributed by atoms with Crippen LogP contribution in [0.3, 0.4) is 0 Å². The topological polar surface area (TPSA) is 237 Å². The number of hydrogen-bond acceptors (Lipinski definition) is 15. The molecule has 3 N–H and O–H groups in total. The molecule has 0 saturated heterocycles. The lowest BCUT2D eigenvalue weighted by Gasteiger charge is -2.21.